The molecule has 0 aliphatic rings. The van der Waals surface area contributed by atoms with Gasteiger partial charge in [-0.25, -0.2) is 4.98 Å². The summed E-state index contributed by atoms with van der Waals surface area (Å²) in [6.45, 7) is 0. The lowest BCUT2D eigenvalue weighted by Gasteiger charge is -2.10. The minimum atomic E-state index is -0.196. The first-order valence-electron chi connectivity index (χ1n) is 3.66. The molecule has 0 aliphatic heterocycles. The number of pyridine rings is 1. The highest BCUT2D eigenvalue weighted by molar-refractivity contribution is 9.10. The van der Waals surface area contributed by atoms with Gasteiger partial charge in [0, 0.05) is 14.1 Å². The van der Waals surface area contributed by atoms with Gasteiger partial charge >= 0.3 is 0 Å². The third-order valence-electron chi connectivity index (χ3n) is 1.50. The van der Waals surface area contributed by atoms with E-state index in [9.17, 15) is 4.79 Å². The van der Waals surface area contributed by atoms with Crippen molar-refractivity contribution < 1.29 is 4.79 Å². The quantitative estimate of drug-likeness (QED) is 0.753. The number of carbonyl (C=O) groups excluding carboxylic acids is 1. The lowest BCUT2D eigenvalue weighted by molar-refractivity contribution is 0.0823. The average Bonchev–Trinajstić information content (AvgIpc) is 2.08. The third-order valence-corrected chi connectivity index (χ3v) is 1.94. The Balaban J connectivity index is 3.13. The SMILES string of the molecule is CN(C)C(=O)c1nc(Br)ccc1N. The molecule has 0 saturated heterocycles. The van der Waals surface area contributed by atoms with Crippen molar-refractivity contribution in [3.05, 3.63) is 22.4 Å². The Morgan fingerprint density at radius 1 is 1.54 bits per heavy atom. The van der Waals surface area contributed by atoms with E-state index < -0.39 is 0 Å². The molecule has 0 aromatic carbocycles. The number of rotatable bonds is 1. The fourth-order valence-corrected chi connectivity index (χ4v) is 1.14. The smallest absolute Gasteiger partial charge is 0.274 e. The maximum Gasteiger partial charge on any atom is 0.274 e. The largest absolute Gasteiger partial charge is 0.397 e. The van der Waals surface area contributed by atoms with Gasteiger partial charge < -0.3 is 10.6 Å². The van der Waals surface area contributed by atoms with Crippen LogP contribution in [0.15, 0.2) is 16.7 Å². The highest BCUT2D eigenvalue weighted by Crippen LogP contribution is 2.14. The summed E-state index contributed by atoms with van der Waals surface area (Å²) in [7, 11) is 3.31. The van der Waals surface area contributed by atoms with E-state index in [2.05, 4.69) is 20.9 Å². The summed E-state index contributed by atoms with van der Waals surface area (Å²) in [5.41, 5.74) is 6.27. The van der Waals surface area contributed by atoms with Gasteiger partial charge in [-0.15, -0.1) is 0 Å². The summed E-state index contributed by atoms with van der Waals surface area (Å²) in [5, 5.41) is 0. The summed E-state index contributed by atoms with van der Waals surface area (Å²) in [6.07, 6.45) is 0. The monoisotopic (exact) mass is 243 g/mol. The van der Waals surface area contributed by atoms with Crippen molar-refractivity contribution in [2.75, 3.05) is 19.8 Å². The summed E-state index contributed by atoms with van der Waals surface area (Å²) >= 11 is 3.18. The van der Waals surface area contributed by atoms with E-state index in [1.165, 1.54) is 4.90 Å². The third kappa shape index (κ3) is 2.18. The second-order valence-corrected chi connectivity index (χ2v) is 3.58. The molecule has 0 spiro atoms. The van der Waals surface area contributed by atoms with Crippen LogP contribution in [0.25, 0.3) is 0 Å². The van der Waals surface area contributed by atoms with E-state index in [0.29, 0.717) is 10.3 Å². The van der Waals surface area contributed by atoms with Gasteiger partial charge in [0.05, 0.1) is 5.69 Å². The normalized spacial score (nSPS) is 9.77. The number of amides is 1. The van der Waals surface area contributed by atoms with Crippen LogP contribution in [-0.4, -0.2) is 29.9 Å². The summed E-state index contributed by atoms with van der Waals surface area (Å²) < 4.78 is 0.604. The zero-order valence-electron chi connectivity index (χ0n) is 7.41. The van der Waals surface area contributed by atoms with Crippen LogP contribution in [0.3, 0.4) is 0 Å². The van der Waals surface area contributed by atoms with Gasteiger partial charge in [-0.1, -0.05) is 0 Å². The minimum Gasteiger partial charge on any atom is -0.397 e. The van der Waals surface area contributed by atoms with Gasteiger partial charge in [0.1, 0.15) is 4.60 Å². The van der Waals surface area contributed by atoms with Gasteiger partial charge in [-0.05, 0) is 28.1 Å². The molecule has 0 atom stereocenters. The highest BCUT2D eigenvalue weighted by Gasteiger charge is 2.13. The second-order valence-electron chi connectivity index (χ2n) is 2.77. The predicted octanol–water partition coefficient (Wildman–Crippen LogP) is 1.13. The molecule has 0 saturated carbocycles. The average molecular weight is 244 g/mol. The summed E-state index contributed by atoms with van der Waals surface area (Å²) in [6, 6.07) is 3.34. The molecule has 0 aliphatic carbocycles. The van der Waals surface area contributed by atoms with E-state index in [0.717, 1.165) is 0 Å². The Hall–Kier alpha value is -1.10. The molecule has 1 aromatic rings. The van der Waals surface area contributed by atoms with E-state index in [1.807, 2.05) is 0 Å². The van der Waals surface area contributed by atoms with Crippen LogP contribution in [0, 0.1) is 0 Å². The molecule has 1 heterocycles. The maximum absolute atomic E-state index is 11.5. The van der Waals surface area contributed by atoms with Crippen molar-refractivity contribution in [1.29, 1.82) is 0 Å². The number of nitrogen functional groups attached to an aromatic ring is 1. The van der Waals surface area contributed by atoms with E-state index in [-0.39, 0.29) is 11.6 Å². The molecule has 0 bridgehead atoms. The zero-order chi connectivity index (χ0) is 10.0. The molecule has 0 fully saturated rings. The first kappa shape index (κ1) is 9.98. The van der Waals surface area contributed by atoms with Crippen molar-refractivity contribution in [2.24, 2.45) is 0 Å². The Morgan fingerprint density at radius 2 is 2.15 bits per heavy atom. The molecular weight excluding hydrogens is 234 g/mol. The molecule has 1 amide bonds. The van der Waals surface area contributed by atoms with Crippen LogP contribution in [0.2, 0.25) is 0 Å². The van der Waals surface area contributed by atoms with Crippen molar-refractivity contribution >= 4 is 27.5 Å². The minimum absolute atomic E-state index is 0.196. The fraction of sp³-hybridized carbons (Fsp3) is 0.250. The first-order valence-corrected chi connectivity index (χ1v) is 4.45. The van der Waals surface area contributed by atoms with Crippen molar-refractivity contribution in [1.82, 2.24) is 9.88 Å². The Labute approximate surface area is 84.9 Å². The van der Waals surface area contributed by atoms with Crippen LogP contribution in [0.4, 0.5) is 5.69 Å². The van der Waals surface area contributed by atoms with Gasteiger partial charge in [0.15, 0.2) is 5.69 Å². The Kier molecular flexibility index (Phi) is 2.87. The van der Waals surface area contributed by atoms with Crippen LogP contribution in [0.1, 0.15) is 10.5 Å². The number of nitrogens with zero attached hydrogens (tertiary/aromatic N) is 2. The number of hydrogen-bond donors (Lipinski definition) is 1. The molecule has 2 N–H and O–H groups in total. The number of aromatic nitrogens is 1. The maximum atomic E-state index is 11.5. The molecular formula is C8H10BrN3O. The number of anilines is 1. The molecule has 5 heteroatoms. The topological polar surface area (TPSA) is 59.2 Å². The number of hydrogen-bond acceptors (Lipinski definition) is 3. The van der Waals surface area contributed by atoms with Crippen molar-refractivity contribution in [2.45, 2.75) is 0 Å². The number of halogens is 1. The van der Waals surface area contributed by atoms with E-state index in [1.54, 1.807) is 26.2 Å². The van der Waals surface area contributed by atoms with Gasteiger partial charge in [-0.2, -0.15) is 0 Å². The number of nitrogens with two attached hydrogens (primary N) is 1. The molecule has 13 heavy (non-hydrogen) atoms. The standard InChI is InChI=1S/C8H10BrN3O/c1-12(2)8(13)7-5(10)3-4-6(9)11-7/h3-4H,10H2,1-2H3. The summed E-state index contributed by atoms with van der Waals surface area (Å²) in [4.78, 5) is 16.9. The van der Waals surface area contributed by atoms with Crippen molar-refractivity contribution in [3.8, 4) is 0 Å². The lowest BCUT2D eigenvalue weighted by atomic mass is 10.3. The lowest BCUT2D eigenvalue weighted by Crippen LogP contribution is -2.24. The van der Waals surface area contributed by atoms with E-state index in [4.69, 9.17) is 5.73 Å². The predicted molar refractivity (Wildman–Crippen MR) is 54.4 cm³/mol. The first-order chi connectivity index (χ1) is 6.02. The van der Waals surface area contributed by atoms with E-state index >= 15 is 0 Å². The highest BCUT2D eigenvalue weighted by atomic mass is 79.9. The van der Waals surface area contributed by atoms with Crippen LogP contribution in [0.5, 0.6) is 0 Å². The molecule has 4 nitrogen and oxygen atoms in total. The zero-order valence-corrected chi connectivity index (χ0v) is 9.00. The molecule has 1 aromatic heterocycles. The second kappa shape index (κ2) is 3.74. The summed E-state index contributed by atoms with van der Waals surface area (Å²) in [5.74, 6) is -0.196. The van der Waals surface area contributed by atoms with Gasteiger partial charge in [0.25, 0.3) is 5.91 Å². The molecule has 70 valence electrons. The number of carbonyl (C=O) groups is 1. The molecule has 0 radical (unpaired) electrons. The van der Waals surface area contributed by atoms with Gasteiger partial charge in [0.2, 0.25) is 0 Å². The van der Waals surface area contributed by atoms with Crippen LogP contribution in [-0.2, 0) is 0 Å². The Bertz CT molecular complexity index is 338. The van der Waals surface area contributed by atoms with Crippen LogP contribution >= 0.6 is 15.9 Å². The van der Waals surface area contributed by atoms with Crippen molar-refractivity contribution in [3.63, 3.8) is 0 Å². The molecule has 0 unspecified atom stereocenters. The fourth-order valence-electron chi connectivity index (χ4n) is 0.829. The van der Waals surface area contributed by atoms with Crippen LogP contribution < -0.4 is 5.73 Å². The van der Waals surface area contributed by atoms with Gasteiger partial charge in [-0.3, -0.25) is 4.79 Å². The molecule has 1 rings (SSSR count). The Morgan fingerprint density at radius 3 is 2.69 bits per heavy atom.